The zero-order valence-electron chi connectivity index (χ0n) is 20.8. The predicted octanol–water partition coefficient (Wildman–Crippen LogP) is 5.77. The molecule has 3 amide bonds. The smallest absolute Gasteiger partial charge is 0.408 e. The second-order valence-electron chi connectivity index (χ2n) is 8.71. The number of primary amides is 1. The van der Waals surface area contributed by atoms with Crippen LogP contribution in [0.25, 0.3) is 22.2 Å². The number of nitrogens with two attached hydrogens (primary N) is 1. The van der Waals surface area contributed by atoms with Gasteiger partial charge in [0.15, 0.2) is 5.75 Å². The molecule has 0 bridgehead atoms. The molecule has 0 aliphatic heterocycles. The SMILES string of the molecule is NC(=O)Oc1ccccc1NC(=O)c1ccc(CN(C=O)c2cc(-c3ccccc3)nc3ccccc23)cc1. The summed E-state index contributed by atoms with van der Waals surface area (Å²) in [6.07, 6.45) is -0.175. The van der Waals surface area contributed by atoms with Gasteiger partial charge in [0, 0.05) is 16.5 Å². The number of nitrogens with zero attached hydrogens (tertiary/aromatic N) is 2. The maximum absolute atomic E-state index is 12.8. The van der Waals surface area contributed by atoms with Crippen molar-refractivity contribution in [3.8, 4) is 17.0 Å². The average Bonchev–Trinajstić information content (AvgIpc) is 2.97. The summed E-state index contributed by atoms with van der Waals surface area (Å²) in [5.74, 6) is -0.238. The van der Waals surface area contributed by atoms with Gasteiger partial charge in [-0.15, -0.1) is 0 Å². The molecule has 0 spiro atoms. The third-order valence-corrected chi connectivity index (χ3v) is 6.12. The first-order chi connectivity index (χ1) is 19.0. The largest absolute Gasteiger partial charge is 0.410 e. The van der Waals surface area contributed by atoms with Crippen LogP contribution in [-0.4, -0.2) is 23.4 Å². The lowest BCUT2D eigenvalue weighted by Crippen LogP contribution is -2.21. The third kappa shape index (κ3) is 5.75. The quantitative estimate of drug-likeness (QED) is 0.254. The van der Waals surface area contributed by atoms with Crippen LogP contribution in [0.4, 0.5) is 16.2 Å². The molecule has 0 saturated carbocycles. The molecule has 3 N–H and O–H groups in total. The van der Waals surface area contributed by atoms with Gasteiger partial charge in [0.2, 0.25) is 6.41 Å². The van der Waals surface area contributed by atoms with E-state index in [0.29, 0.717) is 17.8 Å². The molecule has 5 rings (SSSR count). The number of carbonyl (C=O) groups is 3. The van der Waals surface area contributed by atoms with Crippen LogP contribution < -0.4 is 20.7 Å². The summed E-state index contributed by atoms with van der Waals surface area (Å²) in [5, 5.41) is 3.58. The lowest BCUT2D eigenvalue weighted by atomic mass is 10.1. The van der Waals surface area contributed by atoms with Gasteiger partial charge < -0.3 is 20.7 Å². The number of nitrogens with one attached hydrogen (secondary N) is 1. The number of para-hydroxylation sites is 3. The Morgan fingerprint density at radius 3 is 2.31 bits per heavy atom. The Morgan fingerprint density at radius 1 is 0.872 bits per heavy atom. The van der Waals surface area contributed by atoms with Gasteiger partial charge in [-0.3, -0.25) is 9.59 Å². The van der Waals surface area contributed by atoms with Crippen LogP contribution in [-0.2, 0) is 11.3 Å². The van der Waals surface area contributed by atoms with Gasteiger partial charge in [-0.25, -0.2) is 9.78 Å². The van der Waals surface area contributed by atoms with Crippen molar-refractivity contribution >= 4 is 40.7 Å². The van der Waals surface area contributed by atoms with Crippen molar-refractivity contribution in [2.75, 3.05) is 10.2 Å². The van der Waals surface area contributed by atoms with E-state index in [2.05, 4.69) is 5.32 Å². The van der Waals surface area contributed by atoms with E-state index in [1.165, 1.54) is 6.07 Å². The van der Waals surface area contributed by atoms with Crippen LogP contribution in [0.1, 0.15) is 15.9 Å². The molecular weight excluding hydrogens is 492 g/mol. The predicted molar refractivity (Wildman–Crippen MR) is 150 cm³/mol. The summed E-state index contributed by atoms with van der Waals surface area (Å²) in [5.41, 5.74) is 9.89. The number of hydrogen-bond acceptors (Lipinski definition) is 5. The fraction of sp³-hybridized carbons (Fsp3) is 0.0323. The zero-order chi connectivity index (χ0) is 27.2. The minimum absolute atomic E-state index is 0.149. The number of benzene rings is 4. The van der Waals surface area contributed by atoms with Crippen LogP contribution >= 0.6 is 0 Å². The van der Waals surface area contributed by atoms with Gasteiger partial charge in [-0.2, -0.15) is 0 Å². The second kappa shape index (κ2) is 11.3. The van der Waals surface area contributed by atoms with Crippen LogP contribution in [0.5, 0.6) is 5.75 Å². The Bertz CT molecular complexity index is 1650. The van der Waals surface area contributed by atoms with Crippen molar-refractivity contribution in [3.63, 3.8) is 0 Å². The Hall–Kier alpha value is -5.50. The van der Waals surface area contributed by atoms with Gasteiger partial charge in [0.1, 0.15) is 0 Å². The van der Waals surface area contributed by atoms with Crippen LogP contribution in [0.3, 0.4) is 0 Å². The molecule has 8 heteroatoms. The molecule has 0 aliphatic rings. The molecule has 0 saturated heterocycles. The molecule has 1 aromatic heterocycles. The van der Waals surface area contributed by atoms with E-state index in [4.69, 9.17) is 15.5 Å². The lowest BCUT2D eigenvalue weighted by molar-refractivity contribution is -0.107. The van der Waals surface area contributed by atoms with E-state index in [0.717, 1.165) is 39.8 Å². The van der Waals surface area contributed by atoms with E-state index in [1.807, 2.05) is 60.7 Å². The molecule has 5 aromatic rings. The van der Waals surface area contributed by atoms with Gasteiger partial charge >= 0.3 is 6.09 Å². The summed E-state index contributed by atoms with van der Waals surface area (Å²) in [6, 6.07) is 32.8. The molecule has 0 aliphatic carbocycles. The van der Waals surface area contributed by atoms with E-state index < -0.39 is 6.09 Å². The minimum atomic E-state index is -0.973. The highest BCUT2D eigenvalue weighted by Crippen LogP contribution is 2.31. The normalized spacial score (nSPS) is 10.6. The Labute approximate surface area is 224 Å². The van der Waals surface area contributed by atoms with Crippen molar-refractivity contribution in [2.45, 2.75) is 6.54 Å². The summed E-state index contributed by atoms with van der Waals surface area (Å²) in [6.45, 7) is 0.295. The Morgan fingerprint density at radius 2 is 1.56 bits per heavy atom. The molecule has 0 unspecified atom stereocenters. The molecule has 8 nitrogen and oxygen atoms in total. The van der Waals surface area contributed by atoms with Gasteiger partial charge in [-0.05, 0) is 42.0 Å². The molecule has 192 valence electrons. The van der Waals surface area contributed by atoms with E-state index in [-0.39, 0.29) is 11.7 Å². The fourth-order valence-corrected chi connectivity index (χ4v) is 4.25. The molecule has 0 radical (unpaired) electrons. The van der Waals surface area contributed by atoms with Crippen LogP contribution in [0.15, 0.2) is 109 Å². The molecular formula is C31H24N4O4. The van der Waals surface area contributed by atoms with Crippen molar-refractivity contribution in [2.24, 2.45) is 5.73 Å². The van der Waals surface area contributed by atoms with E-state index >= 15 is 0 Å². The maximum Gasteiger partial charge on any atom is 0.410 e. The number of anilines is 2. The summed E-state index contributed by atoms with van der Waals surface area (Å²) in [7, 11) is 0. The first kappa shape index (κ1) is 25.2. The third-order valence-electron chi connectivity index (χ3n) is 6.12. The number of hydrogen-bond donors (Lipinski definition) is 2. The van der Waals surface area contributed by atoms with E-state index in [1.54, 1.807) is 47.4 Å². The van der Waals surface area contributed by atoms with Crippen molar-refractivity contribution < 1.29 is 19.1 Å². The van der Waals surface area contributed by atoms with Crippen molar-refractivity contribution in [1.82, 2.24) is 4.98 Å². The molecule has 1 heterocycles. The highest BCUT2D eigenvalue weighted by molar-refractivity contribution is 6.05. The number of fused-ring (bicyclic) bond motifs is 1. The second-order valence-corrected chi connectivity index (χ2v) is 8.71. The number of pyridine rings is 1. The topological polar surface area (TPSA) is 115 Å². The number of carbonyl (C=O) groups excluding carboxylic acids is 3. The molecule has 4 aromatic carbocycles. The average molecular weight is 517 g/mol. The van der Waals surface area contributed by atoms with Gasteiger partial charge in [-0.1, -0.05) is 72.8 Å². The van der Waals surface area contributed by atoms with E-state index in [9.17, 15) is 14.4 Å². The first-order valence-corrected chi connectivity index (χ1v) is 12.2. The van der Waals surface area contributed by atoms with Gasteiger partial charge in [0.25, 0.3) is 5.91 Å². The monoisotopic (exact) mass is 516 g/mol. The molecule has 39 heavy (non-hydrogen) atoms. The Balaban J connectivity index is 1.38. The zero-order valence-corrected chi connectivity index (χ0v) is 20.8. The van der Waals surface area contributed by atoms with Gasteiger partial charge in [0.05, 0.1) is 29.1 Å². The van der Waals surface area contributed by atoms with Crippen LogP contribution in [0.2, 0.25) is 0 Å². The van der Waals surface area contributed by atoms with Crippen LogP contribution in [0, 0.1) is 0 Å². The number of aromatic nitrogens is 1. The Kier molecular flexibility index (Phi) is 7.27. The molecule has 0 atom stereocenters. The first-order valence-electron chi connectivity index (χ1n) is 12.2. The van der Waals surface area contributed by atoms with Crippen molar-refractivity contribution in [1.29, 1.82) is 0 Å². The summed E-state index contributed by atoms with van der Waals surface area (Å²) in [4.78, 5) is 42.7. The fourth-order valence-electron chi connectivity index (χ4n) is 4.25. The summed E-state index contributed by atoms with van der Waals surface area (Å²) >= 11 is 0. The van der Waals surface area contributed by atoms with Crippen molar-refractivity contribution in [3.05, 3.63) is 120 Å². The maximum atomic E-state index is 12.8. The highest BCUT2D eigenvalue weighted by atomic mass is 16.5. The standard InChI is InChI=1S/C31H24N4O4/c32-31(38)39-29-13-7-6-12-26(29)34-30(37)23-16-14-21(15-17-23)19-35(20-36)28-18-27(22-8-2-1-3-9-22)33-25-11-5-4-10-24(25)28/h1-18,20H,19H2,(H2,32,38)(H,34,37). The number of ether oxygens (including phenoxy) is 1. The summed E-state index contributed by atoms with van der Waals surface area (Å²) < 4.78 is 4.95. The number of amides is 3. The lowest BCUT2D eigenvalue weighted by Gasteiger charge is -2.21. The highest BCUT2D eigenvalue weighted by Gasteiger charge is 2.15. The molecule has 0 fully saturated rings. The number of rotatable bonds is 8. The minimum Gasteiger partial charge on any atom is -0.408 e.